The molecule has 1 atom stereocenters. The van der Waals surface area contributed by atoms with Crippen LogP contribution in [0.15, 0.2) is 23.4 Å². The van der Waals surface area contributed by atoms with Crippen LogP contribution in [-0.4, -0.2) is 17.1 Å². The first kappa shape index (κ1) is 11.3. The van der Waals surface area contributed by atoms with Crippen molar-refractivity contribution < 1.29 is 9.60 Å². The lowest BCUT2D eigenvalue weighted by atomic mass is 10.1. The zero-order chi connectivity index (χ0) is 11.4. The van der Waals surface area contributed by atoms with Crippen molar-refractivity contribution in [3.63, 3.8) is 0 Å². The summed E-state index contributed by atoms with van der Waals surface area (Å²) in [4.78, 5) is 0. The molecule has 0 aliphatic heterocycles. The Labute approximate surface area is 87.6 Å². The van der Waals surface area contributed by atoms with E-state index in [1.54, 1.807) is 13.0 Å². The van der Waals surface area contributed by atoms with Crippen LogP contribution in [0.3, 0.4) is 0 Å². The average molecular weight is 211 g/mol. The molecule has 0 aliphatic rings. The minimum Gasteiger partial charge on any atom is -0.409 e. The lowest BCUT2D eigenvalue weighted by Crippen LogP contribution is -2.33. The van der Waals surface area contributed by atoms with Gasteiger partial charge >= 0.3 is 0 Å². The third kappa shape index (κ3) is 2.83. The van der Waals surface area contributed by atoms with E-state index in [0.717, 1.165) is 5.56 Å². The maximum atomic E-state index is 12.9. The first-order valence-electron chi connectivity index (χ1n) is 4.54. The third-order valence-corrected chi connectivity index (χ3v) is 2.13. The van der Waals surface area contributed by atoms with Crippen LogP contribution < -0.4 is 11.1 Å². The summed E-state index contributed by atoms with van der Waals surface area (Å²) in [6.07, 6.45) is 0. The molecule has 15 heavy (non-hydrogen) atoms. The van der Waals surface area contributed by atoms with Gasteiger partial charge in [-0.1, -0.05) is 11.2 Å². The van der Waals surface area contributed by atoms with E-state index in [1.165, 1.54) is 12.1 Å². The Kier molecular flexibility index (Phi) is 3.49. The number of hydrogen-bond acceptors (Lipinski definition) is 3. The first-order valence-corrected chi connectivity index (χ1v) is 4.54. The van der Waals surface area contributed by atoms with E-state index >= 15 is 0 Å². The van der Waals surface area contributed by atoms with Crippen molar-refractivity contribution >= 4 is 11.5 Å². The predicted molar refractivity (Wildman–Crippen MR) is 57.6 cm³/mol. The van der Waals surface area contributed by atoms with E-state index in [4.69, 9.17) is 10.9 Å². The molecule has 4 N–H and O–H groups in total. The number of anilines is 1. The van der Waals surface area contributed by atoms with Crippen LogP contribution in [0.1, 0.15) is 12.5 Å². The van der Waals surface area contributed by atoms with Gasteiger partial charge in [-0.25, -0.2) is 4.39 Å². The van der Waals surface area contributed by atoms with E-state index in [9.17, 15) is 4.39 Å². The molecule has 0 bridgehead atoms. The Morgan fingerprint density at radius 3 is 2.87 bits per heavy atom. The fourth-order valence-electron chi connectivity index (χ4n) is 1.14. The van der Waals surface area contributed by atoms with E-state index in [1.807, 2.05) is 6.92 Å². The van der Waals surface area contributed by atoms with Crippen LogP contribution in [0.5, 0.6) is 0 Å². The summed E-state index contributed by atoms with van der Waals surface area (Å²) in [5, 5.41) is 14.3. The highest BCUT2D eigenvalue weighted by Crippen LogP contribution is 2.16. The van der Waals surface area contributed by atoms with Gasteiger partial charge in [0.15, 0.2) is 5.84 Å². The number of nitrogens with two attached hydrogens (primary N) is 1. The molecule has 0 aromatic heterocycles. The highest BCUT2D eigenvalue weighted by atomic mass is 19.1. The predicted octanol–water partition coefficient (Wildman–Crippen LogP) is 1.68. The molecule has 0 radical (unpaired) electrons. The Bertz CT molecular complexity index is 379. The Morgan fingerprint density at radius 1 is 1.60 bits per heavy atom. The van der Waals surface area contributed by atoms with Gasteiger partial charge < -0.3 is 16.3 Å². The molecular formula is C10H14FN3O. The second kappa shape index (κ2) is 4.63. The molecule has 0 saturated heterocycles. The zero-order valence-electron chi connectivity index (χ0n) is 8.66. The van der Waals surface area contributed by atoms with Crippen molar-refractivity contribution in [2.45, 2.75) is 19.9 Å². The van der Waals surface area contributed by atoms with Crippen LogP contribution in [0.25, 0.3) is 0 Å². The van der Waals surface area contributed by atoms with Gasteiger partial charge in [-0.3, -0.25) is 0 Å². The summed E-state index contributed by atoms with van der Waals surface area (Å²) in [6.45, 7) is 3.57. The monoisotopic (exact) mass is 211 g/mol. The molecule has 1 aromatic rings. The number of hydrogen-bond donors (Lipinski definition) is 3. The van der Waals surface area contributed by atoms with Gasteiger partial charge in [0.05, 0.1) is 6.04 Å². The Morgan fingerprint density at radius 2 is 2.27 bits per heavy atom. The minimum atomic E-state index is -0.351. The number of rotatable bonds is 3. The molecule has 5 heteroatoms. The quantitative estimate of drug-likeness (QED) is 0.308. The van der Waals surface area contributed by atoms with E-state index in [0.29, 0.717) is 5.69 Å². The van der Waals surface area contributed by atoms with Crippen molar-refractivity contribution in [3.8, 4) is 0 Å². The Balaban J connectivity index is 2.85. The summed E-state index contributed by atoms with van der Waals surface area (Å²) < 4.78 is 12.9. The average Bonchev–Trinajstić information content (AvgIpc) is 2.22. The van der Waals surface area contributed by atoms with Gasteiger partial charge in [0.25, 0.3) is 0 Å². The zero-order valence-corrected chi connectivity index (χ0v) is 8.66. The highest BCUT2D eigenvalue weighted by Gasteiger charge is 2.08. The van der Waals surface area contributed by atoms with Crippen molar-refractivity contribution in [1.29, 1.82) is 0 Å². The fourth-order valence-corrected chi connectivity index (χ4v) is 1.14. The standard InChI is InChI=1S/C10H14FN3O/c1-6-3-4-8(11)5-9(6)13-7(2)10(12)14-15/h3-5,7,13,15H,1-2H3,(H2,12,14). The number of aryl methyl sites for hydroxylation is 1. The van der Waals surface area contributed by atoms with Crippen LogP contribution in [0.2, 0.25) is 0 Å². The summed E-state index contributed by atoms with van der Waals surface area (Å²) in [7, 11) is 0. The number of nitrogens with one attached hydrogen (secondary N) is 1. The molecule has 0 saturated carbocycles. The first-order chi connectivity index (χ1) is 7.04. The molecule has 0 heterocycles. The topological polar surface area (TPSA) is 70.6 Å². The smallest absolute Gasteiger partial charge is 0.161 e. The van der Waals surface area contributed by atoms with E-state index < -0.39 is 0 Å². The second-order valence-electron chi connectivity index (χ2n) is 3.35. The number of oxime groups is 1. The number of nitrogens with zero attached hydrogens (tertiary/aromatic N) is 1. The number of benzene rings is 1. The lowest BCUT2D eigenvalue weighted by Gasteiger charge is -2.15. The lowest BCUT2D eigenvalue weighted by molar-refractivity contribution is 0.316. The second-order valence-corrected chi connectivity index (χ2v) is 3.35. The van der Waals surface area contributed by atoms with Gasteiger partial charge in [-0.05, 0) is 31.5 Å². The highest BCUT2D eigenvalue weighted by molar-refractivity contribution is 5.87. The summed E-state index contributed by atoms with van der Waals surface area (Å²) in [6, 6.07) is 4.07. The number of halogens is 1. The number of amidine groups is 1. The van der Waals surface area contributed by atoms with Crippen LogP contribution >= 0.6 is 0 Å². The normalized spacial score (nSPS) is 13.7. The van der Waals surface area contributed by atoms with Crippen LogP contribution in [0, 0.1) is 12.7 Å². The van der Waals surface area contributed by atoms with Gasteiger partial charge in [-0.2, -0.15) is 0 Å². The largest absolute Gasteiger partial charge is 0.409 e. The Hall–Kier alpha value is -1.78. The maximum Gasteiger partial charge on any atom is 0.161 e. The molecular weight excluding hydrogens is 197 g/mol. The van der Waals surface area contributed by atoms with Crippen LogP contribution in [-0.2, 0) is 0 Å². The van der Waals surface area contributed by atoms with Crippen LogP contribution in [0.4, 0.5) is 10.1 Å². The van der Waals surface area contributed by atoms with Gasteiger partial charge in [0, 0.05) is 5.69 Å². The molecule has 1 rings (SSSR count). The van der Waals surface area contributed by atoms with Crippen molar-refractivity contribution in [3.05, 3.63) is 29.6 Å². The third-order valence-electron chi connectivity index (χ3n) is 2.13. The summed E-state index contributed by atoms with van der Waals surface area (Å²) in [5.74, 6) is -0.270. The SMILES string of the molecule is Cc1ccc(F)cc1NC(C)C(N)=NO. The molecule has 0 spiro atoms. The molecule has 4 nitrogen and oxygen atoms in total. The molecule has 0 aliphatic carbocycles. The van der Waals surface area contributed by atoms with Gasteiger partial charge in [0.2, 0.25) is 0 Å². The fraction of sp³-hybridized carbons (Fsp3) is 0.300. The molecule has 1 unspecified atom stereocenters. The van der Waals surface area contributed by atoms with Crippen molar-refractivity contribution in [2.24, 2.45) is 10.9 Å². The van der Waals surface area contributed by atoms with E-state index in [-0.39, 0.29) is 17.7 Å². The van der Waals surface area contributed by atoms with Crippen molar-refractivity contribution in [1.82, 2.24) is 0 Å². The molecule has 0 fully saturated rings. The molecule has 1 aromatic carbocycles. The van der Waals surface area contributed by atoms with Crippen molar-refractivity contribution in [2.75, 3.05) is 5.32 Å². The molecule has 82 valence electrons. The van der Waals surface area contributed by atoms with Gasteiger partial charge in [-0.15, -0.1) is 0 Å². The summed E-state index contributed by atoms with van der Waals surface area (Å²) in [5.41, 5.74) is 6.93. The molecule has 0 amide bonds. The van der Waals surface area contributed by atoms with E-state index in [2.05, 4.69) is 10.5 Å². The summed E-state index contributed by atoms with van der Waals surface area (Å²) >= 11 is 0. The minimum absolute atomic E-state index is 0.0543. The maximum absolute atomic E-state index is 12.9. The van der Waals surface area contributed by atoms with Gasteiger partial charge in [0.1, 0.15) is 5.82 Å².